The molecule has 0 aromatic rings. The summed E-state index contributed by atoms with van der Waals surface area (Å²) in [5, 5.41) is 9.98. The van der Waals surface area contributed by atoms with E-state index in [4.69, 9.17) is 0 Å². The van der Waals surface area contributed by atoms with Gasteiger partial charge in [0.15, 0.2) is 0 Å². The number of allylic oxidation sites excluding steroid dienone is 2. The van der Waals surface area contributed by atoms with Crippen molar-refractivity contribution in [2.45, 2.75) is 32.8 Å². The van der Waals surface area contributed by atoms with Gasteiger partial charge < -0.3 is 5.11 Å². The number of Topliss-reactive ketones (excluding diaryl/α,β-unsaturated/α-hetero) is 1. The van der Waals surface area contributed by atoms with Crippen LogP contribution in [0.4, 0.5) is 0 Å². The topological polar surface area (TPSA) is 37.3 Å². The smallest absolute Gasteiger partial charge is 0.134 e. The van der Waals surface area contributed by atoms with Gasteiger partial charge in [-0.05, 0) is 11.0 Å². The van der Waals surface area contributed by atoms with Crippen molar-refractivity contribution in [3.8, 4) is 0 Å². The Labute approximate surface area is 112 Å². The summed E-state index contributed by atoms with van der Waals surface area (Å²) >= 11 is 6.83. The van der Waals surface area contributed by atoms with Gasteiger partial charge >= 0.3 is 0 Å². The van der Waals surface area contributed by atoms with Crippen molar-refractivity contribution in [3.63, 3.8) is 0 Å². The highest BCUT2D eigenvalue weighted by atomic mass is 79.9. The normalized spacial score (nSPS) is 33.6. The first-order chi connectivity index (χ1) is 7.33. The van der Waals surface area contributed by atoms with Crippen LogP contribution in [-0.2, 0) is 4.79 Å². The van der Waals surface area contributed by atoms with E-state index in [1.165, 1.54) is 5.57 Å². The second-order valence-corrected chi connectivity index (χ2v) is 6.90. The fourth-order valence-electron chi connectivity index (χ4n) is 2.70. The quantitative estimate of drug-likeness (QED) is 0.728. The fourth-order valence-corrected chi connectivity index (χ4v) is 4.64. The second-order valence-electron chi connectivity index (χ2n) is 5.13. The van der Waals surface area contributed by atoms with Crippen LogP contribution in [0.2, 0.25) is 0 Å². The van der Waals surface area contributed by atoms with E-state index in [-0.39, 0.29) is 11.3 Å². The van der Waals surface area contributed by atoms with Crippen LogP contribution in [0.5, 0.6) is 0 Å². The predicted octanol–water partition coefficient (Wildman–Crippen LogP) is 3.29. The summed E-state index contributed by atoms with van der Waals surface area (Å²) in [4.78, 5) is 11.7. The number of hydrogen-bond acceptors (Lipinski definition) is 2. The molecule has 0 saturated heterocycles. The van der Waals surface area contributed by atoms with E-state index in [1.807, 2.05) is 6.08 Å². The third-order valence-electron chi connectivity index (χ3n) is 3.31. The highest BCUT2D eigenvalue weighted by Crippen LogP contribution is 2.50. The summed E-state index contributed by atoms with van der Waals surface area (Å²) in [5.41, 5.74) is 1.01. The van der Waals surface area contributed by atoms with E-state index in [0.717, 1.165) is 8.96 Å². The Morgan fingerprint density at radius 1 is 1.44 bits per heavy atom. The van der Waals surface area contributed by atoms with Gasteiger partial charge in [-0.15, -0.1) is 0 Å². The van der Waals surface area contributed by atoms with E-state index < -0.39 is 6.10 Å². The molecule has 0 amide bonds. The first kappa shape index (κ1) is 12.5. The van der Waals surface area contributed by atoms with Gasteiger partial charge in [0.2, 0.25) is 0 Å². The summed E-state index contributed by atoms with van der Waals surface area (Å²) in [5.74, 6) is 0.426. The summed E-state index contributed by atoms with van der Waals surface area (Å²) in [7, 11) is 0. The Morgan fingerprint density at radius 2 is 2.06 bits per heavy atom. The second kappa shape index (κ2) is 4.07. The van der Waals surface area contributed by atoms with E-state index in [1.54, 1.807) is 0 Å². The van der Waals surface area contributed by atoms with Crippen LogP contribution >= 0.6 is 31.9 Å². The zero-order chi connectivity index (χ0) is 12.1. The molecule has 2 aliphatic carbocycles. The van der Waals surface area contributed by atoms with Gasteiger partial charge in [-0.25, -0.2) is 0 Å². The molecular weight excluding hydrogens is 336 g/mol. The van der Waals surface area contributed by atoms with Crippen molar-refractivity contribution < 1.29 is 9.90 Å². The average molecular weight is 350 g/mol. The molecule has 2 aliphatic rings. The Balaban J connectivity index is 2.50. The molecule has 0 heterocycles. The predicted molar refractivity (Wildman–Crippen MR) is 70.5 cm³/mol. The molecule has 0 radical (unpaired) electrons. The van der Waals surface area contributed by atoms with Crippen molar-refractivity contribution in [3.05, 3.63) is 20.6 Å². The highest BCUT2D eigenvalue weighted by Gasteiger charge is 2.41. The van der Waals surface area contributed by atoms with Gasteiger partial charge in [-0.1, -0.05) is 51.8 Å². The summed E-state index contributed by atoms with van der Waals surface area (Å²) in [6, 6.07) is 0. The van der Waals surface area contributed by atoms with Crippen molar-refractivity contribution in [1.29, 1.82) is 0 Å². The molecule has 4 heteroatoms. The molecule has 2 unspecified atom stereocenters. The van der Waals surface area contributed by atoms with Gasteiger partial charge in [-0.3, -0.25) is 4.79 Å². The lowest BCUT2D eigenvalue weighted by Gasteiger charge is -2.40. The molecule has 2 atom stereocenters. The van der Waals surface area contributed by atoms with Gasteiger partial charge in [-0.2, -0.15) is 0 Å². The van der Waals surface area contributed by atoms with Crippen LogP contribution in [0.1, 0.15) is 26.7 Å². The Morgan fingerprint density at radius 3 is 2.69 bits per heavy atom. The number of halogens is 2. The lowest BCUT2D eigenvalue weighted by molar-refractivity contribution is -0.122. The molecule has 2 nitrogen and oxygen atoms in total. The highest BCUT2D eigenvalue weighted by molar-refractivity contribution is 9.12. The third-order valence-corrected chi connectivity index (χ3v) is 4.86. The minimum atomic E-state index is -0.612. The monoisotopic (exact) mass is 348 g/mol. The Kier molecular flexibility index (Phi) is 3.19. The molecular formula is C12H14Br2O2. The van der Waals surface area contributed by atoms with Crippen LogP contribution in [0, 0.1) is 11.3 Å². The molecule has 0 aromatic carbocycles. The number of fused-ring (bicyclic) bond motifs is 1. The number of carbonyl (C=O) groups excluding carboxylic acids is 1. The molecule has 0 spiro atoms. The first-order valence-electron chi connectivity index (χ1n) is 5.30. The number of aliphatic hydroxyl groups excluding tert-OH is 1. The van der Waals surface area contributed by atoms with Crippen molar-refractivity contribution in [1.82, 2.24) is 0 Å². The lowest BCUT2D eigenvalue weighted by atomic mass is 9.65. The SMILES string of the molecule is CC1(C)CC(=O)CC2C=C(Br)C(O)C(Br)=C21. The maximum absolute atomic E-state index is 11.7. The van der Waals surface area contributed by atoms with E-state index in [2.05, 4.69) is 45.7 Å². The van der Waals surface area contributed by atoms with E-state index in [0.29, 0.717) is 18.6 Å². The van der Waals surface area contributed by atoms with E-state index >= 15 is 0 Å². The van der Waals surface area contributed by atoms with Gasteiger partial charge in [0.05, 0.1) is 0 Å². The van der Waals surface area contributed by atoms with Gasteiger partial charge in [0, 0.05) is 27.7 Å². The number of hydrogen-bond donors (Lipinski definition) is 1. The van der Waals surface area contributed by atoms with Crippen LogP contribution in [0.15, 0.2) is 20.6 Å². The molecule has 0 aliphatic heterocycles. The Hall–Kier alpha value is 0.0700. The lowest BCUT2D eigenvalue weighted by Crippen LogP contribution is -2.35. The summed E-state index contributed by atoms with van der Waals surface area (Å²) < 4.78 is 1.57. The molecule has 1 saturated carbocycles. The van der Waals surface area contributed by atoms with E-state index in [9.17, 15) is 9.90 Å². The van der Waals surface area contributed by atoms with Gasteiger partial charge in [0.25, 0.3) is 0 Å². The number of ketones is 1. The summed E-state index contributed by atoms with van der Waals surface area (Å²) in [6.45, 7) is 4.13. The van der Waals surface area contributed by atoms with Crippen molar-refractivity contribution in [2.75, 3.05) is 0 Å². The number of carbonyl (C=O) groups is 1. The van der Waals surface area contributed by atoms with Crippen LogP contribution in [0.3, 0.4) is 0 Å². The number of aliphatic hydroxyl groups is 1. The fraction of sp³-hybridized carbons (Fsp3) is 0.583. The van der Waals surface area contributed by atoms with Crippen molar-refractivity contribution >= 4 is 37.6 Å². The minimum Gasteiger partial charge on any atom is -0.383 e. The molecule has 88 valence electrons. The van der Waals surface area contributed by atoms with Crippen LogP contribution in [-0.4, -0.2) is 17.0 Å². The number of rotatable bonds is 0. The molecule has 1 fully saturated rings. The van der Waals surface area contributed by atoms with Crippen molar-refractivity contribution in [2.24, 2.45) is 11.3 Å². The zero-order valence-corrected chi connectivity index (χ0v) is 12.4. The minimum absolute atomic E-state index is 0.128. The standard InChI is InChI=1S/C12H14Br2O2/c1-12(2)5-7(15)3-6-4-8(13)11(16)10(14)9(6)12/h4,6,11,16H,3,5H2,1-2H3. The molecule has 2 rings (SSSR count). The first-order valence-corrected chi connectivity index (χ1v) is 6.88. The molecule has 0 aromatic heterocycles. The maximum Gasteiger partial charge on any atom is 0.134 e. The Bertz CT molecular complexity index is 407. The van der Waals surface area contributed by atoms with Crippen LogP contribution < -0.4 is 0 Å². The summed E-state index contributed by atoms with van der Waals surface area (Å²) in [6.07, 6.45) is 2.46. The largest absolute Gasteiger partial charge is 0.383 e. The van der Waals surface area contributed by atoms with Crippen LogP contribution in [0.25, 0.3) is 0 Å². The third kappa shape index (κ3) is 1.95. The molecule has 0 bridgehead atoms. The zero-order valence-electron chi connectivity index (χ0n) is 9.26. The average Bonchev–Trinajstić information content (AvgIpc) is 2.11. The molecule has 16 heavy (non-hydrogen) atoms. The van der Waals surface area contributed by atoms with Gasteiger partial charge in [0.1, 0.15) is 11.9 Å². The maximum atomic E-state index is 11.7. The molecule has 1 N–H and O–H groups in total.